The minimum atomic E-state index is -0.0672. The molecule has 1 amide bonds. The van der Waals surface area contributed by atoms with Crippen LogP contribution in [-0.2, 0) is 17.8 Å². The summed E-state index contributed by atoms with van der Waals surface area (Å²) in [5.41, 5.74) is 12.1. The molecular weight excluding hydrogens is 480 g/mol. The molecule has 0 aliphatic rings. The fourth-order valence-corrected chi connectivity index (χ4v) is 4.31. The summed E-state index contributed by atoms with van der Waals surface area (Å²) in [5.74, 6) is 0.979. The van der Waals surface area contributed by atoms with Gasteiger partial charge in [-0.05, 0) is 38.2 Å². The number of nitrogens with two attached hydrogens (primary N) is 1. The van der Waals surface area contributed by atoms with Gasteiger partial charge < -0.3 is 35.9 Å². The second kappa shape index (κ2) is 11.8. The van der Waals surface area contributed by atoms with Gasteiger partial charge in [-0.1, -0.05) is 25.1 Å². The van der Waals surface area contributed by atoms with Gasteiger partial charge in [0.2, 0.25) is 11.9 Å². The van der Waals surface area contributed by atoms with Crippen molar-refractivity contribution in [1.29, 1.82) is 0 Å². The van der Waals surface area contributed by atoms with E-state index in [0.29, 0.717) is 23.1 Å². The molecular formula is C28H36N8O2. The second-order valence-corrected chi connectivity index (χ2v) is 9.28. The molecule has 2 aromatic heterocycles. The van der Waals surface area contributed by atoms with Crippen molar-refractivity contribution < 1.29 is 9.53 Å². The molecule has 0 saturated heterocycles. The summed E-state index contributed by atoms with van der Waals surface area (Å²) in [7, 11) is 7.31. The molecule has 10 heteroatoms. The van der Waals surface area contributed by atoms with Crippen LogP contribution >= 0.6 is 0 Å². The maximum absolute atomic E-state index is 12.2. The number of carbonyl (C=O) groups excluding carboxylic acids is 1. The number of nitrogen functional groups attached to an aromatic ring is 1. The summed E-state index contributed by atoms with van der Waals surface area (Å²) in [6.07, 6.45) is 4.58. The van der Waals surface area contributed by atoms with Crippen molar-refractivity contribution in [2.45, 2.75) is 19.9 Å². The molecule has 0 fully saturated rings. The average molecular weight is 517 g/mol. The number of para-hydroxylation sites is 1. The van der Waals surface area contributed by atoms with E-state index in [1.807, 2.05) is 67.5 Å². The Balaban J connectivity index is 1.70. The zero-order valence-electron chi connectivity index (χ0n) is 22.6. The largest absolute Gasteiger partial charge is 0.494 e. The molecule has 0 aliphatic carbocycles. The first-order valence-electron chi connectivity index (χ1n) is 12.6. The van der Waals surface area contributed by atoms with Gasteiger partial charge in [0, 0.05) is 55.1 Å². The van der Waals surface area contributed by atoms with Gasteiger partial charge in [-0.25, -0.2) is 9.97 Å². The number of aryl methyl sites for hydroxylation is 1. The zero-order chi connectivity index (χ0) is 27.2. The maximum atomic E-state index is 12.2. The first-order chi connectivity index (χ1) is 18.3. The lowest BCUT2D eigenvalue weighted by molar-refractivity contribution is -0.121. The lowest BCUT2D eigenvalue weighted by Gasteiger charge is -2.17. The van der Waals surface area contributed by atoms with Crippen molar-refractivity contribution in [3.05, 3.63) is 54.4 Å². The molecule has 0 atom stereocenters. The standard InChI is InChI=1S/C28H36N8O2/c1-6-18-15-32-28(33-23-13-21(29)22(14-25(23)38-5)31-11-12-35(3)4)34-27(18)20-16-36(17-26(37)30-2)24-10-8-7-9-19(20)24/h7-10,13-16,31H,6,11-12,17,29H2,1-5H3,(H,30,37)(H,32,33,34). The number of fused-ring (bicyclic) bond motifs is 1. The van der Waals surface area contributed by atoms with E-state index < -0.39 is 0 Å². The minimum absolute atomic E-state index is 0.0672. The van der Waals surface area contributed by atoms with Gasteiger partial charge in [0.25, 0.3) is 0 Å². The number of nitrogens with zero attached hydrogens (tertiary/aromatic N) is 4. The molecule has 10 nitrogen and oxygen atoms in total. The average Bonchev–Trinajstić information content (AvgIpc) is 3.27. The molecule has 4 aromatic rings. The molecule has 0 bridgehead atoms. The highest BCUT2D eigenvalue weighted by Gasteiger charge is 2.18. The Kier molecular flexibility index (Phi) is 8.32. The summed E-state index contributed by atoms with van der Waals surface area (Å²) < 4.78 is 7.59. The van der Waals surface area contributed by atoms with Crippen molar-refractivity contribution >= 4 is 39.8 Å². The summed E-state index contributed by atoms with van der Waals surface area (Å²) in [6.45, 7) is 3.93. The third-order valence-electron chi connectivity index (χ3n) is 6.37. The van der Waals surface area contributed by atoms with Crippen molar-refractivity contribution in [1.82, 2.24) is 24.8 Å². The highest BCUT2D eigenvalue weighted by atomic mass is 16.5. The number of anilines is 4. The third kappa shape index (κ3) is 5.81. The SMILES string of the molecule is CCc1cnc(Nc2cc(N)c(NCCN(C)C)cc2OC)nc1-c1cn(CC(=O)NC)c2ccccc12. The Labute approximate surface area is 223 Å². The van der Waals surface area contributed by atoms with Crippen molar-refractivity contribution in [2.24, 2.45) is 0 Å². The number of aromatic nitrogens is 3. The fraction of sp³-hybridized carbons (Fsp3) is 0.321. The molecule has 4 rings (SSSR count). The first kappa shape index (κ1) is 26.7. The van der Waals surface area contributed by atoms with Crippen LogP contribution in [0.3, 0.4) is 0 Å². The Morgan fingerprint density at radius 1 is 1.18 bits per heavy atom. The van der Waals surface area contributed by atoms with E-state index in [9.17, 15) is 4.79 Å². The minimum Gasteiger partial charge on any atom is -0.494 e. The van der Waals surface area contributed by atoms with E-state index in [1.165, 1.54) is 0 Å². The van der Waals surface area contributed by atoms with E-state index >= 15 is 0 Å². The fourth-order valence-electron chi connectivity index (χ4n) is 4.31. The van der Waals surface area contributed by atoms with E-state index in [2.05, 4.69) is 32.8 Å². The number of ether oxygens (including phenoxy) is 1. The molecule has 0 spiro atoms. The molecule has 5 N–H and O–H groups in total. The topological polar surface area (TPSA) is 122 Å². The van der Waals surface area contributed by atoms with Crippen LogP contribution in [0.5, 0.6) is 5.75 Å². The molecule has 2 aromatic carbocycles. The Morgan fingerprint density at radius 2 is 1.97 bits per heavy atom. The lowest BCUT2D eigenvalue weighted by atomic mass is 10.0. The Bertz CT molecular complexity index is 1430. The Hall–Kier alpha value is -4.31. The summed E-state index contributed by atoms with van der Waals surface area (Å²) in [6, 6.07) is 11.7. The van der Waals surface area contributed by atoms with E-state index in [4.69, 9.17) is 15.5 Å². The molecule has 0 radical (unpaired) electrons. The highest BCUT2D eigenvalue weighted by Crippen LogP contribution is 2.36. The number of methoxy groups -OCH3 is 1. The number of hydrogen-bond donors (Lipinski definition) is 4. The lowest BCUT2D eigenvalue weighted by Crippen LogP contribution is -2.22. The van der Waals surface area contributed by atoms with E-state index in [0.717, 1.165) is 52.9 Å². The normalized spacial score (nSPS) is 11.1. The van der Waals surface area contributed by atoms with Crippen LogP contribution < -0.4 is 26.4 Å². The quantitative estimate of drug-likeness (QED) is 0.223. The number of likely N-dealkylation sites (N-methyl/N-ethyl adjacent to an activating group) is 2. The van der Waals surface area contributed by atoms with Crippen LogP contribution in [-0.4, -0.2) is 66.7 Å². The van der Waals surface area contributed by atoms with E-state index in [1.54, 1.807) is 14.2 Å². The zero-order valence-corrected chi connectivity index (χ0v) is 22.6. The molecule has 2 heterocycles. The number of nitrogens with one attached hydrogen (secondary N) is 3. The number of hydrogen-bond acceptors (Lipinski definition) is 8. The van der Waals surface area contributed by atoms with Gasteiger partial charge in [0.05, 0.1) is 29.9 Å². The van der Waals surface area contributed by atoms with Gasteiger partial charge in [0.1, 0.15) is 12.3 Å². The molecule has 200 valence electrons. The van der Waals surface area contributed by atoms with Crippen molar-refractivity contribution in [3.63, 3.8) is 0 Å². The van der Waals surface area contributed by atoms with Crippen molar-refractivity contribution in [3.8, 4) is 17.0 Å². The monoisotopic (exact) mass is 516 g/mol. The van der Waals surface area contributed by atoms with Crippen molar-refractivity contribution in [2.75, 3.05) is 57.7 Å². The van der Waals surface area contributed by atoms with Crippen LogP contribution in [0.4, 0.5) is 23.0 Å². The van der Waals surface area contributed by atoms with Crippen LogP contribution in [0.1, 0.15) is 12.5 Å². The van der Waals surface area contributed by atoms with Crippen LogP contribution in [0.25, 0.3) is 22.2 Å². The Morgan fingerprint density at radius 3 is 2.68 bits per heavy atom. The predicted octanol–water partition coefficient (Wildman–Crippen LogP) is 3.71. The maximum Gasteiger partial charge on any atom is 0.239 e. The van der Waals surface area contributed by atoms with Crippen LogP contribution in [0.15, 0.2) is 48.8 Å². The van der Waals surface area contributed by atoms with Gasteiger partial charge >= 0.3 is 0 Å². The molecule has 0 unspecified atom stereocenters. The summed E-state index contributed by atoms with van der Waals surface area (Å²) >= 11 is 0. The number of amides is 1. The molecule has 38 heavy (non-hydrogen) atoms. The van der Waals surface area contributed by atoms with Crippen LogP contribution in [0.2, 0.25) is 0 Å². The number of rotatable bonds is 11. The first-order valence-corrected chi connectivity index (χ1v) is 12.6. The molecule has 0 aliphatic heterocycles. The number of carbonyl (C=O) groups is 1. The van der Waals surface area contributed by atoms with Crippen LogP contribution in [0, 0.1) is 0 Å². The predicted molar refractivity (Wildman–Crippen MR) is 154 cm³/mol. The summed E-state index contributed by atoms with van der Waals surface area (Å²) in [4.78, 5) is 23.7. The van der Waals surface area contributed by atoms with Gasteiger partial charge in [-0.3, -0.25) is 4.79 Å². The number of benzene rings is 2. The summed E-state index contributed by atoms with van der Waals surface area (Å²) in [5, 5.41) is 10.4. The third-order valence-corrected chi connectivity index (χ3v) is 6.37. The van der Waals surface area contributed by atoms with Gasteiger partial charge in [0.15, 0.2) is 0 Å². The van der Waals surface area contributed by atoms with Gasteiger partial charge in [-0.15, -0.1) is 0 Å². The second-order valence-electron chi connectivity index (χ2n) is 9.28. The molecule has 0 saturated carbocycles. The smallest absolute Gasteiger partial charge is 0.239 e. The van der Waals surface area contributed by atoms with Gasteiger partial charge in [-0.2, -0.15) is 0 Å². The highest BCUT2D eigenvalue weighted by molar-refractivity contribution is 5.96. The van der Waals surface area contributed by atoms with E-state index in [-0.39, 0.29) is 12.5 Å².